The molecular weight excluding hydrogens is 352 g/mol. The largest absolute Gasteiger partial charge is 0.294 e. The van der Waals surface area contributed by atoms with E-state index in [1.807, 2.05) is 13.8 Å². The molecule has 8 heteroatoms. The molecule has 2 rings (SSSR count). The molecule has 0 aliphatic rings. The molecule has 0 atom stereocenters. The van der Waals surface area contributed by atoms with E-state index in [0.717, 1.165) is 22.3 Å². The Morgan fingerprint density at radius 3 is 1.33 bits per heavy atom. The van der Waals surface area contributed by atoms with Gasteiger partial charge in [-0.3, -0.25) is 9.11 Å². The van der Waals surface area contributed by atoms with Crippen LogP contribution in [0.15, 0.2) is 46.2 Å². The summed E-state index contributed by atoms with van der Waals surface area (Å²) in [6, 6.07) is 8.70. The predicted molar refractivity (Wildman–Crippen MR) is 89.4 cm³/mol. The van der Waals surface area contributed by atoms with Crippen molar-refractivity contribution in [3.63, 3.8) is 0 Å². The van der Waals surface area contributed by atoms with Crippen LogP contribution in [0.2, 0.25) is 0 Å². The maximum Gasteiger partial charge on any atom is 0.294 e. The van der Waals surface area contributed by atoms with E-state index in [2.05, 4.69) is 0 Å². The average Bonchev–Trinajstić information content (AvgIpc) is 2.45. The number of aryl methyl sites for hydroxylation is 4. The molecule has 0 spiro atoms. The maximum atomic E-state index is 11.2. The van der Waals surface area contributed by atoms with E-state index in [9.17, 15) is 16.8 Å². The summed E-state index contributed by atoms with van der Waals surface area (Å²) in [5.74, 6) is 0. The van der Waals surface area contributed by atoms with E-state index >= 15 is 0 Å². The van der Waals surface area contributed by atoms with Gasteiger partial charge in [-0.2, -0.15) is 16.8 Å². The third-order valence-corrected chi connectivity index (χ3v) is 5.60. The van der Waals surface area contributed by atoms with E-state index in [0.29, 0.717) is 12.8 Å². The van der Waals surface area contributed by atoms with Crippen LogP contribution in [0.1, 0.15) is 22.3 Å². The molecule has 0 unspecified atom stereocenters. The minimum Gasteiger partial charge on any atom is -0.282 e. The number of benzene rings is 2. The van der Waals surface area contributed by atoms with Crippen molar-refractivity contribution in [2.24, 2.45) is 0 Å². The maximum absolute atomic E-state index is 11.2. The lowest BCUT2D eigenvalue weighted by Gasteiger charge is -2.10. The van der Waals surface area contributed by atoms with Crippen molar-refractivity contribution in [2.75, 3.05) is 0 Å². The molecule has 6 nitrogen and oxygen atoms in total. The van der Waals surface area contributed by atoms with Gasteiger partial charge in [0, 0.05) is 0 Å². The topological polar surface area (TPSA) is 109 Å². The first-order chi connectivity index (χ1) is 11.0. The zero-order valence-corrected chi connectivity index (χ0v) is 14.9. The lowest BCUT2D eigenvalue weighted by molar-refractivity contribution is 0.480. The first-order valence-electron chi connectivity index (χ1n) is 7.12. The highest BCUT2D eigenvalue weighted by atomic mass is 32.2. The van der Waals surface area contributed by atoms with Gasteiger partial charge in [-0.25, -0.2) is 0 Å². The van der Waals surface area contributed by atoms with E-state index < -0.39 is 20.2 Å². The fraction of sp³-hybridized carbons (Fsp3) is 0.250. The van der Waals surface area contributed by atoms with Gasteiger partial charge in [0.25, 0.3) is 20.2 Å². The van der Waals surface area contributed by atoms with Gasteiger partial charge in [-0.05, 0) is 73.2 Å². The van der Waals surface area contributed by atoms with E-state index in [-0.39, 0.29) is 9.79 Å². The fourth-order valence-electron chi connectivity index (χ4n) is 2.42. The van der Waals surface area contributed by atoms with Gasteiger partial charge in [0.15, 0.2) is 0 Å². The van der Waals surface area contributed by atoms with Crippen LogP contribution < -0.4 is 0 Å². The number of hydrogen-bond donors (Lipinski definition) is 2. The zero-order chi connectivity index (χ0) is 18.1. The zero-order valence-electron chi connectivity index (χ0n) is 13.2. The summed E-state index contributed by atoms with van der Waals surface area (Å²) in [4.78, 5) is -0.349. The van der Waals surface area contributed by atoms with Gasteiger partial charge in [0.2, 0.25) is 0 Å². The van der Waals surface area contributed by atoms with Gasteiger partial charge < -0.3 is 0 Å². The normalized spacial score (nSPS) is 12.3. The van der Waals surface area contributed by atoms with Gasteiger partial charge in [0.05, 0.1) is 9.79 Å². The van der Waals surface area contributed by atoms with Gasteiger partial charge in [-0.15, -0.1) is 0 Å². The average molecular weight is 370 g/mol. The standard InChI is InChI=1S/C16H18O6S2/c1-11-3-7-15(23(17,18)19)9-13(11)5-6-14-10-16(24(20,21)22)8-4-12(14)2/h3-4,7-10H,5-6H2,1-2H3,(H,17,18,19)(H,20,21,22). The Hall–Kier alpha value is -1.74. The highest BCUT2D eigenvalue weighted by Gasteiger charge is 2.14. The summed E-state index contributed by atoms with van der Waals surface area (Å²) in [6.45, 7) is 3.65. The smallest absolute Gasteiger partial charge is 0.282 e. The second kappa shape index (κ2) is 6.64. The summed E-state index contributed by atoms with van der Waals surface area (Å²) in [5.41, 5.74) is 3.21. The van der Waals surface area contributed by atoms with E-state index in [4.69, 9.17) is 9.11 Å². The molecule has 0 bridgehead atoms. The molecule has 0 amide bonds. The lowest BCUT2D eigenvalue weighted by atomic mass is 9.98. The Kier molecular flexibility index (Phi) is 5.14. The Bertz CT molecular complexity index is 894. The van der Waals surface area contributed by atoms with Crippen LogP contribution in [0.25, 0.3) is 0 Å². The third kappa shape index (κ3) is 4.41. The van der Waals surface area contributed by atoms with Crippen molar-refractivity contribution in [1.82, 2.24) is 0 Å². The molecule has 0 saturated carbocycles. The van der Waals surface area contributed by atoms with Crippen LogP contribution in [0.4, 0.5) is 0 Å². The lowest BCUT2D eigenvalue weighted by Crippen LogP contribution is -2.03. The summed E-state index contributed by atoms with van der Waals surface area (Å²) in [7, 11) is -8.54. The van der Waals surface area contributed by atoms with Crippen LogP contribution in [0.3, 0.4) is 0 Å². The molecule has 0 radical (unpaired) electrons. The molecule has 0 heterocycles. The molecular formula is C16H18O6S2. The van der Waals surface area contributed by atoms with Gasteiger partial charge >= 0.3 is 0 Å². The highest BCUT2D eigenvalue weighted by Crippen LogP contribution is 2.20. The number of hydrogen-bond acceptors (Lipinski definition) is 4. The van der Waals surface area contributed by atoms with Crippen LogP contribution in [-0.2, 0) is 33.1 Å². The van der Waals surface area contributed by atoms with Crippen molar-refractivity contribution >= 4 is 20.2 Å². The fourth-order valence-corrected chi connectivity index (χ4v) is 3.49. The quantitative estimate of drug-likeness (QED) is 0.783. The Morgan fingerprint density at radius 2 is 1.04 bits per heavy atom. The minimum absolute atomic E-state index is 0.175. The first-order valence-corrected chi connectivity index (χ1v) is 10.0. The second-order valence-corrected chi connectivity index (χ2v) is 8.47. The third-order valence-electron chi connectivity index (χ3n) is 3.90. The Labute approximate surface area is 141 Å². The van der Waals surface area contributed by atoms with Crippen molar-refractivity contribution in [3.05, 3.63) is 58.7 Å². The second-order valence-electron chi connectivity index (χ2n) is 5.63. The van der Waals surface area contributed by atoms with Crippen LogP contribution in [-0.4, -0.2) is 25.9 Å². The summed E-state index contributed by atoms with van der Waals surface area (Å²) in [6.07, 6.45) is 0.927. The van der Waals surface area contributed by atoms with Crippen LogP contribution in [0, 0.1) is 13.8 Å². The van der Waals surface area contributed by atoms with Crippen LogP contribution in [0.5, 0.6) is 0 Å². The molecule has 0 aromatic heterocycles. The summed E-state index contributed by atoms with van der Waals surface area (Å²) >= 11 is 0. The van der Waals surface area contributed by atoms with Gasteiger partial charge in [-0.1, -0.05) is 12.1 Å². The number of rotatable bonds is 5. The SMILES string of the molecule is Cc1ccc(S(=O)(=O)O)cc1CCc1cc(S(=O)(=O)O)ccc1C. The molecule has 2 aromatic rings. The molecule has 2 aromatic carbocycles. The summed E-state index contributed by atoms with van der Waals surface area (Å²) in [5, 5.41) is 0. The van der Waals surface area contributed by atoms with Crippen molar-refractivity contribution in [2.45, 2.75) is 36.5 Å². The van der Waals surface area contributed by atoms with Crippen molar-refractivity contribution in [1.29, 1.82) is 0 Å². The molecule has 0 fully saturated rings. The molecule has 0 aliphatic heterocycles. The minimum atomic E-state index is -4.27. The first kappa shape index (κ1) is 18.6. The highest BCUT2D eigenvalue weighted by molar-refractivity contribution is 7.86. The molecule has 0 aliphatic carbocycles. The Balaban J connectivity index is 2.32. The predicted octanol–water partition coefficient (Wildman–Crippen LogP) is 2.58. The molecule has 24 heavy (non-hydrogen) atoms. The van der Waals surface area contributed by atoms with Crippen molar-refractivity contribution < 1.29 is 25.9 Å². The summed E-state index contributed by atoms with van der Waals surface area (Å²) < 4.78 is 63.2. The molecule has 2 N–H and O–H groups in total. The molecule has 0 saturated heterocycles. The van der Waals surface area contributed by atoms with Crippen molar-refractivity contribution in [3.8, 4) is 0 Å². The Morgan fingerprint density at radius 1 is 0.708 bits per heavy atom. The van der Waals surface area contributed by atoms with E-state index in [1.165, 1.54) is 24.3 Å². The van der Waals surface area contributed by atoms with Crippen LogP contribution >= 0.6 is 0 Å². The monoisotopic (exact) mass is 370 g/mol. The van der Waals surface area contributed by atoms with E-state index in [1.54, 1.807) is 12.1 Å². The molecule has 130 valence electrons. The van der Waals surface area contributed by atoms with Gasteiger partial charge in [0.1, 0.15) is 0 Å².